The molecule has 4 rings (SSSR count). The fraction of sp³-hybridized carbons (Fsp3) is 0.438. The maximum absolute atomic E-state index is 12.6. The lowest BCUT2D eigenvalue weighted by Crippen LogP contribution is -2.50. The molecule has 0 aromatic carbocycles. The summed E-state index contributed by atoms with van der Waals surface area (Å²) in [5.74, 6) is 0.634. The van der Waals surface area contributed by atoms with Crippen LogP contribution in [0, 0.1) is 0 Å². The zero-order valence-electron chi connectivity index (χ0n) is 13.4. The van der Waals surface area contributed by atoms with E-state index in [0.717, 1.165) is 24.8 Å². The second kappa shape index (κ2) is 6.35. The van der Waals surface area contributed by atoms with E-state index in [1.165, 1.54) is 0 Å². The molecule has 2 aromatic heterocycles. The topological polar surface area (TPSA) is 77.7 Å². The van der Waals surface area contributed by atoms with E-state index in [2.05, 4.69) is 27.0 Å². The quantitative estimate of drug-likeness (QED) is 0.900. The highest BCUT2D eigenvalue weighted by Gasteiger charge is 2.28. The Morgan fingerprint density at radius 1 is 1.38 bits per heavy atom. The first kappa shape index (κ1) is 15.3. The van der Waals surface area contributed by atoms with Gasteiger partial charge in [0.2, 0.25) is 0 Å². The van der Waals surface area contributed by atoms with Gasteiger partial charge in [0, 0.05) is 37.5 Å². The minimum Gasteiger partial charge on any atom is -0.463 e. The number of piperazine rings is 1. The standard InChI is InChI=1S/C16H19N5O2S/c1-11-10-17-16(24-11)21-6-4-20(5-7-21)15(22)13-9-12(18-19-13)14-3-2-8-23-14/h2-3,8-9,11H,4-7,10H2,1H3,(H,18,19)/t11-/m1/s1. The van der Waals surface area contributed by atoms with Gasteiger partial charge in [-0.05, 0) is 12.1 Å². The second-order valence-corrected chi connectivity index (χ2v) is 7.38. The number of H-pyrrole nitrogens is 1. The number of nitrogens with zero attached hydrogens (tertiary/aromatic N) is 4. The third kappa shape index (κ3) is 2.93. The van der Waals surface area contributed by atoms with Gasteiger partial charge in [0.1, 0.15) is 5.69 Å². The number of rotatable bonds is 2. The normalized spacial score (nSPS) is 21.2. The van der Waals surface area contributed by atoms with Crippen molar-refractivity contribution in [3.05, 3.63) is 30.2 Å². The van der Waals surface area contributed by atoms with Crippen molar-refractivity contribution in [2.24, 2.45) is 4.99 Å². The van der Waals surface area contributed by atoms with E-state index >= 15 is 0 Å². The first-order valence-electron chi connectivity index (χ1n) is 8.05. The van der Waals surface area contributed by atoms with Crippen LogP contribution in [-0.2, 0) is 0 Å². The summed E-state index contributed by atoms with van der Waals surface area (Å²) >= 11 is 1.82. The summed E-state index contributed by atoms with van der Waals surface area (Å²) < 4.78 is 5.32. The Hall–Kier alpha value is -2.22. The minimum absolute atomic E-state index is 0.0434. The number of hydrogen-bond donors (Lipinski definition) is 1. The van der Waals surface area contributed by atoms with Crippen LogP contribution in [0.2, 0.25) is 0 Å². The van der Waals surface area contributed by atoms with Gasteiger partial charge in [0.15, 0.2) is 16.6 Å². The van der Waals surface area contributed by atoms with Gasteiger partial charge in [0.25, 0.3) is 5.91 Å². The van der Waals surface area contributed by atoms with E-state index in [9.17, 15) is 4.79 Å². The summed E-state index contributed by atoms with van der Waals surface area (Å²) in [6.45, 7) is 6.10. The van der Waals surface area contributed by atoms with Crippen LogP contribution in [0.5, 0.6) is 0 Å². The fourth-order valence-electron chi connectivity index (χ4n) is 2.89. The van der Waals surface area contributed by atoms with Crippen LogP contribution in [-0.4, -0.2) is 69.0 Å². The van der Waals surface area contributed by atoms with Gasteiger partial charge in [-0.15, -0.1) is 0 Å². The SMILES string of the molecule is C[C@@H]1CN=C(N2CCN(C(=O)c3cc(-c4ccco4)[nH]n3)CC2)S1. The highest BCUT2D eigenvalue weighted by atomic mass is 32.2. The number of furan rings is 1. The van der Waals surface area contributed by atoms with Crippen molar-refractivity contribution in [1.29, 1.82) is 0 Å². The molecule has 1 atom stereocenters. The number of aliphatic imine (C=N–C) groups is 1. The summed E-state index contributed by atoms with van der Waals surface area (Å²) in [5, 5.41) is 8.68. The Balaban J connectivity index is 1.38. The molecule has 0 spiro atoms. The van der Waals surface area contributed by atoms with Crippen molar-refractivity contribution >= 4 is 22.8 Å². The zero-order chi connectivity index (χ0) is 16.5. The summed E-state index contributed by atoms with van der Waals surface area (Å²) in [6, 6.07) is 5.38. The van der Waals surface area contributed by atoms with Crippen molar-refractivity contribution in [3.63, 3.8) is 0 Å². The molecule has 2 aliphatic rings. The first-order valence-corrected chi connectivity index (χ1v) is 8.93. The molecule has 0 unspecified atom stereocenters. The molecule has 0 radical (unpaired) electrons. The third-order valence-corrected chi connectivity index (χ3v) is 5.36. The number of aromatic nitrogens is 2. The van der Waals surface area contributed by atoms with Crippen LogP contribution in [0.15, 0.2) is 33.9 Å². The Morgan fingerprint density at radius 3 is 2.88 bits per heavy atom. The largest absolute Gasteiger partial charge is 0.463 e. The lowest BCUT2D eigenvalue weighted by atomic mass is 10.2. The average Bonchev–Trinajstić information content (AvgIpc) is 3.35. The van der Waals surface area contributed by atoms with E-state index in [0.29, 0.717) is 35.5 Å². The van der Waals surface area contributed by atoms with Gasteiger partial charge >= 0.3 is 0 Å². The Labute approximate surface area is 144 Å². The molecule has 1 amide bonds. The molecule has 7 nitrogen and oxygen atoms in total. The summed E-state index contributed by atoms with van der Waals surface area (Å²) in [7, 11) is 0. The molecule has 0 saturated carbocycles. The lowest BCUT2D eigenvalue weighted by molar-refractivity contribution is 0.0687. The van der Waals surface area contributed by atoms with Crippen LogP contribution in [0.25, 0.3) is 11.5 Å². The van der Waals surface area contributed by atoms with Crippen molar-refractivity contribution in [3.8, 4) is 11.5 Å². The Morgan fingerprint density at radius 2 is 2.21 bits per heavy atom. The number of amidine groups is 1. The van der Waals surface area contributed by atoms with Gasteiger partial charge in [0.05, 0.1) is 12.8 Å². The van der Waals surface area contributed by atoms with E-state index in [-0.39, 0.29) is 5.91 Å². The maximum atomic E-state index is 12.6. The molecule has 0 aliphatic carbocycles. The number of nitrogens with one attached hydrogen (secondary N) is 1. The molecule has 1 saturated heterocycles. The van der Waals surface area contributed by atoms with Crippen LogP contribution in [0.4, 0.5) is 0 Å². The van der Waals surface area contributed by atoms with Gasteiger partial charge < -0.3 is 14.2 Å². The number of amides is 1. The molecule has 1 N–H and O–H groups in total. The molecular formula is C16H19N5O2S. The molecule has 1 fully saturated rings. The molecular weight excluding hydrogens is 326 g/mol. The smallest absolute Gasteiger partial charge is 0.274 e. The first-order chi connectivity index (χ1) is 11.7. The molecule has 2 aromatic rings. The maximum Gasteiger partial charge on any atom is 0.274 e. The number of hydrogen-bond acceptors (Lipinski definition) is 6. The summed E-state index contributed by atoms with van der Waals surface area (Å²) in [6.07, 6.45) is 1.60. The van der Waals surface area contributed by atoms with Gasteiger partial charge in [-0.3, -0.25) is 14.9 Å². The highest BCUT2D eigenvalue weighted by molar-refractivity contribution is 8.14. The minimum atomic E-state index is -0.0434. The van der Waals surface area contributed by atoms with Crippen molar-refractivity contribution in [1.82, 2.24) is 20.0 Å². The second-order valence-electron chi connectivity index (χ2n) is 5.98. The molecule has 24 heavy (non-hydrogen) atoms. The van der Waals surface area contributed by atoms with Crippen LogP contribution in [0.1, 0.15) is 17.4 Å². The van der Waals surface area contributed by atoms with Gasteiger partial charge in [-0.25, -0.2) is 0 Å². The monoisotopic (exact) mass is 345 g/mol. The molecule has 0 bridgehead atoms. The van der Waals surface area contributed by atoms with Crippen LogP contribution >= 0.6 is 11.8 Å². The third-order valence-electron chi connectivity index (χ3n) is 4.21. The van der Waals surface area contributed by atoms with E-state index in [1.54, 1.807) is 12.3 Å². The van der Waals surface area contributed by atoms with Crippen molar-refractivity contribution in [2.45, 2.75) is 12.2 Å². The Kier molecular flexibility index (Phi) is 4.05. The van der Waals surface area contributed by atoms with Crippen molar-refractivity contribution < 1.29 is 9.21 Å². The van der Waals surface area contributed by atoms with Crippen molar-refractivity contribution in [2.75, 3.05) is 32.7 Å². The predicted octanol–water partition coefficient (Wildman–Crippen LogP) is 1.92. The van der Waals surface area contributed by atoms with E-state index in [1.807, 2.05) is 28.8 Å². The number of aromatic amines is 1. The highest BCUT2D eigenvalue weighted by Crippen LogP contribution is 2.24. The zero-order valence-corrected chi connectivity index (χ0v) is 14.3. The summed E-state index contributed by atoms with van der Waals surface area (Å²) in [4.78, 5) is 21.3. The molecule has 126 valence electrons. The average molecular weight is 345 g/mol. The van der Waals surface area contributed by atoms with E-state index < -0.39 is 0 Å². The summed E-state index contributed by atoms with van der Waals surface area (Å²) in [5.41, 5.74) is 1.14. The van der Waals surface area contributed by atoms with Crippen LogP contribution < -0.4 is 0 Å². The van der Waals surface area contributed by atoms with Gasteiger partial charge in [-0.2, -0.15) is 5.10 Å². The molecule has 2 aliphatic heterocycles. The molecule has 8 heteroatoms. The van der Waals surface area contributed by atoms with Gasteiger partial charge in [-0.1, -0.05) is 18.7 Å². The predicted molar refractivity (Wildman–Crippen MR) is 93.1 cm³/mol. The van der Waals surface area contributed by atoms with Crippen LogP contribution in [0.3, 0.4) is 0 Å². The lowest BCUT2D eigenvalue weighted by Gasteiger charge is -2.35. The molecule has 4 heterocycles. The van der Waals surface area contributed by atoms with E-state index in [4.69, 9.17) is 4.42 Å². The number of thioether (sulfide) groups is 1. The number of carbonyl (C=O) groups is 1. The fourth-order valence-corrected chi connectivity index (χ4v) is 3.88. The number of carbonyl (C=O) groups excluding carboxylic acids is 1. The Bertz CT molecular complexity index is 746.